The van der Waals surface area contributed by atoms with Gasteiger partial charge in [0.15, 0.2) is 0 Å². The van der Waals surface area contributed by atoms with E-state index < -0.39 is 6.04 Å². The lowest BCUT2D eigenvalue weighted by atomic mass is 9.96. The molecule has 0 radical (unpaired) electrons. The Morgan fingerprint density at radius 2 is 1.09 bits per heavy atom. The monoisotopic (exact) mass is 638 g/mol. The van der Waals surface area contributed by atoms with Crippen molar-refractivity contribution in [3.8, 4) is 11.1 Å². The highest BCUT2D eigenvalue weighted by Gasteiger charge is 2.20. The average Bonchev–Trinajstić information content (AvgIpc) is 3.75. The summed E-state index contributed by atoms with van der Waals surface area (Å²) in [5, 5.41) is 9.15. The fourth-order valence-corrected chi connectivity index (χ4v) is 9.33. The number of hydrogen-bond acceptors (Lipinski definition) is 3. The summed E-state index contributed by atoms with van der Waals surface area (Å²) in [4.78, 5) is 2.29. The molecule has 0 saturated heterocycles. The number of anilines is 3. The first kappa shape index (κ1) is 22.1. The highest BCUT2D eigenvalue weighted by atomic mass is 32.1. The molecule has 0 spiro atoms. The minimum absolute atomic E-state index is 0.200. The lowest BCUT2D eigenvalue weighted by Gasteiger charge is -2.27. The van der Waals surface area contributed by atoms with Crippen LogP contribution in [-0.4, -0.2) is 0 Å². The van der Waals surface area contributed by atoms with Gasteiger partial charge in [-0.15, -0.1) is 22.7 Å². The van der Waals surface area contributed by atoms with Crippen molar-refractivity contribution < 1.29 is 6.85 Å². The van der Waals surface area contributed by atoms with Crippen LogP contribution in [0.15, 0.2) is 164 Å². The van der Waals surface area contributed by atoms with Crippen LogP contribution in [-0.2, 0) is 0 Å². The third-order valence-electron chi connectivity index (χ3n) is 9.14. The molecule has 3 heteroatoms. The molecule has 10 aromatic rings. The Kier molecular flexibility index (Phi) is 4.96. The standard InChI is InChI=1S/C44H27NS2/c1-2-10-28(11-3-1)32-23-24-39(35-15-7-6-14-34(32)35)45(30-19-21-37-36-16-8-9-17-40(36)46-42(37)26-30)31-20-22-38-43(27-31)47-41-25-18-29-12-4-5-13-33(29)44(38)41/h1-27H/i1D,2D,3D,10D,11D. The van der Waals surface area contributed by atoms with Gasteiger partial charge in [-0.2, -0.15) is 0 Å². The van der Waals surface area contributed by atoms with Crippen molar-refractivity contribution in [1.29, 1.82) is 0 Å². The number of benzene rings is 8. The summed E-state index contributed by atoms with van der Waals surface area (Å²) in [5.41, 5.74) is 3.74. The highest BCUT2D eigenvalue weighted by molar-refractivity contribution is 7.26. The van der Waals surface area contributed by atoms with Gasteiger partial charge in [0.2, 0.25) is 0 Å². The van der Waals surface area contributed by atoms with Crippen molar-refractivity contribution in [2.24, 2.45) is 0 Å². The van der Waals surface area contributed by atoms with E-state index in [4.69, 9.17) is 6.85 Å². The van der Waals surface area contributed by atoms with E-state index in [1.165, 1.54) is 51.1 Å². The van der Waals surface area contributed by atoms with Gasteiger partial charge in [-0.3, -0.25) is 0 Å². The van der Waals surface area contributed by atoms with Crippen LogP contribution in [0.4, 0.5) is 17.1 Å². The molecular weight excluding hydrogens is 607 g/mol. The predicted octanol–water partition coefficient (Wildman–Crippen LogP) is 13.9. The smallest absolute Gasteiger partial charge is 0.0629 e. The minimum atomic E-state index is -0.396. The summed E-state index contributed by atoms with van der Waals surface area (Å²) in [6.45, 7) is 0. The zero-order valence-electron chi connectivity index (χ0n) is 30.0. The third kappa shape index (κ3) is 4.21. The molecule has 0 aliphatic carbocycles. The first-order valence-electron chi connectivity index (χ1n) is 18.0. The number of fused-ring (bicyclic) bond motifs is 9. The van der Waals surface area contributed by atoms with Crippen LogP contribution < -0.4 is 4.90 Å². The molecule has 47 heavy (non-hydrogen) atoms. The van der Waals surface area contributed by atoms with Crippen LogP contribution in [0.2, 0.25) is 0 Å². The summed E-state index contributed by atoms with van der Waals surface area (Å²) in [5.74, 6) is 0. The van der Waals surface area contributed by atoms with Crippen LogP contribution >= 0.6 is 22.7 Å². The Morgan fingerprint density at radius 1 is 0.447 bits per heavy atom. The molecule has 0 unspecified atom stereocenters. The second-order valence-electron chi connectivity index (χ2n) is 11.7. The molecule has 0 bridgehead atoms. The maximum Gasteiger partial charge on any atom is 0.0629 e. The van der Waals surface area contributed by atoms with Gasteiger partial charge in [-0.1, -0.05) is 121 Å². The molecule has 0 atom stereocenters. The zero-order chi connectivity index (χ0) is 35.2. The maximum atomic E-state index is 8.77. The van der Waals surface area contributed by atoms with E-state index in [0.717, 1.165) is 27.8 Å². The van der Waals surface area contributed by atoms with E-state index in [-0.39, 0.29) is 29.7 Å². The molecule has 0 aliphatic rings. The lowest BCUT2D eigenvalue weighted by molar-refractivity contribution is 1.31. The minimum Gasteiger partial charge on any atom is -0.310 e. The van der Waals surface area contributed by atoms with Gasteiger partial charge >= 0.3 is 0 Å². The second kappa shape index (κ2) is 10.5. The lowest BCUT2D eigenvalue weighted by Crippen LogP contribution is -2.10. The molecule has 220 valence electrons. The second-order valence-corrected chi connectivity index (χ2v) is 13.9. The third-order valence-corrected chi connectivity index (χ3v) is 11.4. The van der Waals surface area contributed by atoms with Crippen LogP contribution in [0.5, 0.6) is 0 Å². The quantitative estimate of drug-likeness (QED) is 0.185. The molecular formula is C44H27NS2. The van der Waals surface area contributed by atoms with Gasteiger partial charge in [0.25, 0.3) is 0 Å². The molecule has 2 aromatic heterocycles. The van der Waals surface area contributed by atoms with Gasteiger partial charge in [-0.05, 0) is 69.8 Å². The highest BCUT2D eigenvalue weighted by Crippen LogP contribution is 2.46. The molecule has 10 rings (SSSR count). The summed E-state index contributed by atoms with van der Waals surface area (Å²) in [7, 11) is 0. The first-order chi connectivity index (χ1) is 25.4. The number of nitrogens with zero attached hydrogens (tertiary/aromatic N) is 1. The maximum absolute atomic E-state index is 8.77. The van der Waals surface area contributed by atoms with Gasteiger partial charge in [0.1, 0.15) is 0 Å². The van der Waals surface area contributed by atoms with E-state index in [1.54, 1.807) is 22.7 Å². The fraction of sp³-hybridized carbons (Fsp3) is 0. The van der Waals surface area contributed by atoms with Crippen molar-refractivity contribution in [1.82, 2.24) is 0 Å². The first-order valence-corrected chi connectivity index (χ1v) is 17.1. The van der Waals surface area contributed by atoms with E-state index >= 15 is 0 Å². The Morgan fingerprint density at radius 3 is 1.91 bits per heavy atom. The summed E-state index contributed by atoms with van der Waals surface area (Å²) in [6, 6.07) is 45.2. The summed E-state index contributed by atoms with van der Waals surface area (Å²) in [6.07, 6.45) is 0. The largest absolute Gasteiger partial charge is 0.310 e. The number of rotatable bonds is 4. The number of hydrogen-bond donors (Lipinski definition) is 0. The SMILES string of the molecule is [2H]c1c([2H])c([2H])c(-c2ccc(N(c3ccc4c(c3)sc3ccccc34)c3ccc4c(c3)sc3ccc5ccccc5c34)c3ccccc23)c([2H])c1[2H]. The van der Waals surface area contributed by atoms with Crippen LogP contribution in [0.25, 0.3) is 73.0 Å². The van der Waals surface area contributed by atoms with Gasteiger partial charge in [-0.25, -0.2) is 0 Å². The Bertz CT molecular complexity index is 3080. The van der Waals surface area contributed by atoms with Crippen molar-refractivity contribution in [2.75, 3.05) is 4.90 Å². The van der Waals surface area contributed by atoms with E-state index in [1.807, 2.05) is 30.3 Å². The normalized spacial score (nSPS) is 13.3. The number of thiophene rings is 2. The molecule has 1 nitrogen and oxygen atoms in total. The van der Waals surface area contributed by atoms with E-state index in [9.17, 15) is 0 Å². The molecule has 0 fully saturated rings. The van der Waals surface area contributed by atoms with Crippen LogP contribution in [0, 0.1) is 0 Å². The molecule has 0 aliphatic heterocycles. The summed E-state index contributed by atoms with van der Waals surface area (Å²) >= 11 is 3.58. The van der Waals surface area contributed by atoms with Gasteiger partial charge in [0.05, 0.1) is 12.5 Å². The van der Waals surface area contributed by atoms with Crippen LogP contribution in [0.1, 0.15) is 6.85 Å². The average molecular weight is 639 g/mol. The Balaban J connectivity index is 1.24. The van der Waals surface area contributed by atoms with E-state index in [2.05, 4.69) is 108 Å². The molecule has 0 amide bonds. The van der Waals surface area contributed by atoms with Gasteiger partial charge < -0.3 is 4.90 Å². The van der Waals surface area contributed by atoms with Gasteiger partial charge in [0, 0.05) is 57.1 Å². The Hall–Kier alpha value is -5.48. The molecule has 2 heterocycles. The van der Waals surface area contributed by atoms with Crippen molar-refractivity contribution >= 4 is 102 Å². The van der Waals surface area contributed by atoms with Crippen molar-refractivity contribution in [3.63, 3.8) is 0 Å². The molecule has 8 aromatic carbocycles. The Labute approximate surface area is 287 Å². The van der Waals surface area contributed by atoms with Crippen molar-refractivity contribution in [2.45, 2.75) is 0 Å². The zero-order valence-corrected chi connectivity index (χ0v) is 26.6. The predicted molar refractivity (Wildman–Crippen MR) is 207 cm³/mol. The van der Waals surface area contributed by atoms with Crippen LogP contribution in [0.3, 0.4) is 0 Å². The van der Waals surface area contributed by atoms with Crippen molar-refractivity contribution in [3.05, 3.63) is 164 Å². The van der Waals surface area contributed by atoms with E-state index in [0.29, 0.717) is 5.56 Å². The summed E-state index contributed by atoms with van der Waals surface area (Å²) < 4.78 is 47.3. The topological polar surface area (TPSA) is 3.24 Å². The molecule has 0 N–H and O–H groups in total. The fourth-order valence-electron chi connectivity index (χ4n) is 7.04. The molecule has 0 saturated carbocycles.